The van der Waals surface area contributed by atoms with Crippen LogP contribution in [0, 0.1) is 0 Å². The summed E-state index contributed by atoms with van der Waals surface area (Å²) in [4.78, 5) is 26.6. The van der Waals surface area contributed by atoms with Crippen molar-refractivity contribution in [2.24, 2.45) is 0 Å². The molecule has 0 radical (unpaired) electrons. The molecule has 1 heterocycles. The van der Waals surface area contributed by atoms with E-state index in [9.17, 15) is 9.59 Å². The minimum absolute atomic E-state index is 0.199. The van der Waals surface area contributed by atoms with Gasteiger partial charge in [0.05, 0.1) is 30.4 Å². The number of carbonyl (C=O) groups excluding carboxylic acids is 2. The summed E-state index contributed by atoms with van der Waals surface area (Å²) in [5, 5.41) is 0. The van der Waals surface area contributed by atoms with Crippen LogP contribution in [-0.2, 0) is 14.3 Å². The molecule has 1 aliphatic heterocycles. The fraction of sp³-hybridized carbons (Fsp3) is 0.292. The van der Waals surface area contributed by atoms with Crippen LogP contribution in [0.15, 0.2) is 47.4 Å². The summed E-state index contributed by atoms with van der Waals surface area (Å²) in [6.45, 7) is 6.55. The number of benzene rings is 2. The second kappa shape index (κ2) is 11.7. The van der Waals surface area contributed by atoms with Crippen molar-refractivity contribution >= 4 is 51.9 Å². The first-order valence-corrected chi connectivity index (χ1v) is 11.7. The highest BCUT2D eigenvalue weighted by Gasteiger charge is 2.33. The van der Waals surface area contributed by atoms with E-state index in [0.717, 1.165) is 11.3 Å². The number of anilines is 1. The SMILES string of the molecule is CCOC(=O)COc1ccc(/C=C2\SC(=S)N(c3ccc(OCC)cc3)C2=O)cc1OCC. The van der Waals surface area contributed by atoms with Crippen LogP contribution in [0.3, 0.4) is 0 Å². The van der Waals surface area contributed by atoms with Crippen molar-refractivity contribution in [3.05, 3.63) is 52.9 Å². The summed E-state index contributed by atoms with van der Waals surface area (Å²) in [5.74, 6) is 0.967. The van der Waals surface area contributed by atoms with Crippen molar-refractivity contribution < 1.29 is 28.5 Å². The second-order valence-corrected chi connectivity index (χ2v) is 8.35. The maximum Gasteiger partial charge on any atom is 0.344 e. The van der Waals surface area contributed by atoms with Gasteiger partial charge in [0.2, 0.25) is 0 Å². The van der Waals surface area contributed by atoms with Crippen LogP contribution in [0.25, 0.3) is 6.08 Å². The Kier molecular flexibility index (Phi) is 8.73. The number of hydrogen-bond donors (Lipinski definition) is 0. The molecule has 1 amide bonds. The summed E-state index contributed by atoms with van der Waals surface area (Å²) in [7, 11) is 0. The number of amides is 1. The van der Waals surface area contributed by atoms with Gasteiger partial charge in [0, 0.05) is 0 Å². The smallest absolute Gasteiger partial charge is 0.344 e. The fourth-order valence-corrected chi connectivity index (χ4v) is 4.34. The van der Waals surface area contributed by atoms with Gasteiger partial charge >= 0.3 is 5.97 Å². The standard InChI is InChI=1S/C24H25NO6S2/c1-4-28-18-10-8-17(9-11-18)25-23(27)21(33-24(25)32)14-16-7-12-19(20(13-16)29-5-2)31-15-22(26)30-6-3/h7-14H,4-6,15H2,1-3H3/b21-14-. The van der Waals surface area contributed by atoms with Crippen molar-refractivity contribution in [3.8, 4) is 17.2 Å². The normalized spacial score (nSPS) is 14.5. The lowest BCUT2D eigenvalue weighted by molar-refractivity contribution is -0.145. The van der Waals surface area contributed by atoms with E-state index in [0.29, 0.717) is 39.6 Å². The van der Waals surface area contributed by atoms with Crippen LogP contribution in [-0.4, -0.2) is 42.6 Å². The van der Waals surface area contributed by atoms with Crippen molar-refractivity contribution in [2.45, 2.75) is 20.8 Å². The van der Waals surface area contributed by atoms with E-state index in [4.69, 9.17) is 31.2 Å². The van der Waals surface area contributed by atoms with Crippen molar-refractivity contribution in [2.75, 3.05) is 31.3 Å². The number of nitrogens with zero attached hydrogens (tertiary/aromatic N) is 1. The van der Waals surface area contributed by atoms with Gasteiger partial charge in [-0.15, -0.1) is 0 Å². The topological polar surface area (TPSA) is 74.3 Å². The van der Waals surface area contributed by atoms with Crippen LogP contribution < -0.4 is 19.1 Å². The quantitative estimate of drug-likeness (QED) is 0.268. The molecule has 1 fully saturated rings. The number of ether oxygens (including phenoxy) is 4. The van der Waals surface area contributed by atoms with Crippen molar-refractivity contribution in [1.82, 2.24) is 0 Å². The van der Waals surface area contributed by atoms with Crippen LogP contribution in [0.1, 0.15) is 26.3 Å². The molecule has 0 aliphatic carbocycles. The summed E-state index contributed by atoms with van der Waals surface area (Å²) in [5.41, 5.74) is 1.43. The molecule has 0 saturated carbocycles. The van der Waals surface area contributed by atoms with E-state index >= 15 is 0 Å². The number of esters is 1. The maximum atomic E-state index is 13.1. The lowest BCUT2D eigenvalue weighted by Crippen LogP contribution is -2.27. The Balaban J connectivity index is 1.79. The Labute approximate surface area is 202 Å². The molecule has 0 aromatic heterocycles. The molecular formula is C24H25NO6S2. The molecule has 2 aromatic rings. The van der Waals surface area contributed by atoms with E-state index in [1.165, 1.54) is 16.7 Å². The molecule has 0 bridgehead atoms. The highest BCUT2D eigenvalue weighted by Crippen LogP contribution is 2.37. The Morgan fingerprint density at radius 2 is 1.70 bits per heavy atom. The molecule has 3 rings (SSSR count). The van der Waals surface area contributed by atoms with Crippen molar-refractivity contribution in [3.63, 3.8) is 0 Å². The monoisotopic (exact) mass is 487 g/mol. The fourth-order valence-electron chi connectivity index (χ4n) is 3.04. The minimum atomic E-state index is -0.456. The molecule has 9 heteroatoms. The van der Waals surface area contributed by atoms with Crippen LogP contribution in [0.4, 0.5) is 5.69 Å². The largest absolute Gasteiger partial charge is 0.494 e. The van der Waals surface area contributed by atoms with Crippen LogP contribution >= 0.6 is 24.0 Å². The van der Waals surface area contributed by atoms with E-state index in [-0.39, 0.29) is 19.1 Å². The van der Waals surface area contributed by atoms with Gasteiger partial charge < -0.3 is 18.9 Å². The van der Waals surface area contributed by atoms with Gasteiger partial charge in [0.1, 0.15) is 5.75 Å². The first kappa shape index (κ1) is 24.6. The number of rotatable bonds is 10. The van der Waals surface area contributed by atoms with Gasteiger partial charge in [0.15, 0.2) is 22.4 Å². The number of thioether (sulfide) groups is 1. The summed E-state index contributed by atoms with van der Waals surface area (Å²) in [6.07, 6.45) is 1.76. The van der Waals surface area contributed by atoms with Gasteiger partial charge in [-0.05, 0) is 68.8 Å². The lowest BCUT2D eigenvalue weighted by atomic mass is 10.1. The first-order chi connectivity index (χ1) is 16.0. The van der Waals surface area contributed by atoms with Gasteiger partial charge in [-0.25, -0.2) is 4.79 Å². The molecule has 0 atom stereocenters. The first-order valence-electron chi connectivity index (χ1n) is 10.5. The number of hydrogen-bond acceptors (Lipinski definition) is 8. The van der Waals surface area contributed by atoms with Gasteiger partial charge in [-0.2, -0.15) is 0 Å². The molecule has 33 heavy (non-hydrogen) atoms. The van der Waals surface area contributed by atoms with Gasteiger partial charge in [-0.3, -0.25) is 9.69 Å². The maximum absolute atomic E-state index is 13.1. The minimum Gasteiger partial charge on any atom is -0.494 e. The van der Waals surface area contributed by atoms with E-state index < -0.39 is 5.97 Å². The van der Waals surface area contributed by atoms with Crippen LogP contribution in [0.5, 0.6) is 17.2 Å². The molecule has 0 N–H and O–H groups in total. The van der Waals surface area contributed by atoms with Gasteiger partial charge in [0.25, 0.3) is 5.91 Å². The van der Waals surface area contributed by atoms with Crippen LogP contribution in [0.2, 0.25) is 0 Å². The predicted octanol–water partition coefficient (Wildman–Crippen LogP) is 4.83. The predicted molar refractivity (Wildman–Crippen MR) is 133 cm³/mol. The summed E-state index contributed by atoms with van der Waals surface area (Å²) < 4.78 is 22.0. The van der Waals surface area contributed by atoms with E-state index in [1.54, 1.807) is 31.2 Å². The summed E-state index contributed by atoms with van der Waals surface area (Å²) >= 11 is 6.69. The zero-order chi connectivity index (χ0) is 23.8. The van der Waals surface area contributed by atoms with Gasteiger partial charge in [-0.1, -0.05) is 30.0 Å². The van der Waals surface area contributed by atoms with E-state index in [1.807, 2.05) is 38.1 Å². The Morgan fingerprint density at radius 3 is 2.36 bits per heavy atom. The third kappa shape index (κ3) is 6.27. The Bertz CT molecular complexity index is 1050. The highest BCUT2D eigenvalue weighted by molar-refractivity contribution is 8.27. The number of thiocarbonyl (C=S) groups is 1. The second-order valence-electron chi connectivity index (χ2n) is 6.68. The molecule has 7 nitrogen and oxygen atoms in total. The van der Waals surface area contributed by atoms with Crippen molar-refractivity contribution in [1.29, 1.82) is 0 Å². The molecule has 2 aromatic carbocycles. The number of carbonyl (C=O) groups is 2. The molecule has 1 aliphatic rings. The molecular weight excluding hydrogens is 462 g/mol. The Hall–Kier alpha value is -3.04. The zero-order valence-electron chi connectivity index (χ0n) is 18.7. The summed E-state index contributed by atoms with van der Waals surface area (Å²) in [6, 6.07) is 12.5. The molecule has 174 valence electrons. The third-order valence-electron chi connectivity index (χ3n) is 4.42. The average molecular weight is 488 g/mol. The zero-order valence-corrected chi connectivity index (χ0v) is 20.3. The average Bonchev–Trinajstić information content (AvgIpc) is 3.07. The van der Waals surface area contributed by atoms with E-state index in [2.05, 4.69) is 0 Å². The highest BCUT2D eigenvalue weighted by atomic mass is 32.2. The molecule has 1 saturated heterocycles. The Morgan fingerprint density at radius 1 is 0.970 bits per heavy atom. The third-order valence-corrected chi connectivity index (χ3v) is 5.72. The molecule has 0 unspecified atom stereocenters. The lowest BCUT2D eigenvalue weighted by Gasteiger charge is -2.15. The molecule has 0 spiro atoms.